The zero-order valence-electron chi connectivity index (χ0n) is 18.4. The van der Waals surface area contributed by atoms with E-state index < -0.39 is 0 Å². The fraction of sp³-hybridized carbons (Fsp3) is 0. The van der Waals surface area contributed by atoms with Crippen molar-refractivity contribution in [1.82, 2.24) is 0 Å². The Morgan fingerprint density at radius 3 is 1.35 bits per heavy atom. The molecule has 4 nitrogen and oxygen atoms in total. The molecule has 0 spiro atoms. The van der Waals surface area contributed by atoms with Gasteiger partial charge in [-0.15, -0.1) is 0 Å². The predicted octanol–water partition coefficient (Wildman–Crippen LogP) is 8.40. The molecule has 0 heterocycles. The lowest BCUT2D eigenvalue weighted by atomic mass is 10.0. The molecule has 5 aromatic carbocycles. The lowest BCUT2D eigenvalue weighted by Gasteiger charge is -2.25. The van der Waals surface area contributed by atoms with Crippen molar-refractivity contribution in [3.63, 3.8) is 0 Å². The number of nitro benzene ring substituents is 1. The van der Waals surface area contributed by atoms with E-state index in [2.05, 4.69) is 48.5 Å². The SMILES string of the molecule is O=[N+]([O-])c1cccc(N(c2ccc(-c3ccccc3)cc2)c2ccc(-c3ccccc3)cc2)c1. The third-order valence-electron chi connectivity index (χ3n) is 5.76. The van der Waals surface area contributed by atoms with Crippen molar-refractivity contribution in [3.8, 4) is 22.3 Å². The number of benzene rings is 5. The Kier molecular flexibility index (Phi) is 5.87. The zero-order chi connectivity index (χ0) is 23.3. The van der Waals surface area contributed by atoms with Crippen molar-refractivity contribution < 1.29 is 4.92 Å². The van der Waals surface area contributed by atoms with Crippen molar-refractivity contribution >= 4 is 22.7 Å². The Morgan fingerprint density at radius 1 is 0.471 bits per heavy atom. The predicted molar refractivity (Wildman–Crippen MR) is 139 cm³/mol. The van der Waals surface area contributed by atoms with E-state index in [-0.39, 0.29) is 10.6 Å². The lowest BCUT2D eigenvalue weighted by Crippen LogP contribution is -2.10. The number of rotatable bonds is 6. The molecule has 4 heteroatoms. The molecule has 5 aromatic rings. The first-order valence-corrected chi connectivity index (χ1v) is 11.0. The summed E-state index contributed by atoms with van der Waals surface area (Å²) < 4.78 is 0. The molecule has 0 aliphatic rings. The summed E-state index contributed by atoms with van der Waals surface area (Å²) in [7, 11) is 0. The summed E-state index contributed by atoms with van der Waals surface area (Å²) in [6.07, 6.45) is 0. The van der Waals surface area contributed by atoms with Crippen LogP contribution >= 0.6 is 0 Å². The minimum absolute atomic E-state index is 0.0595. The number of hydrogen-bond acceptors (Lipinski definition) is 3. The van der Waals surface area contributed by atoms with E-state index in [0.717, 1.165) is 39.3 Å². The van der Waals surface area contributed by atoms with Crippen molar-refractivity contribution in [1.29, 1.82) is 0 Å². The smallest absolute Gasteiger partial charge is 0.271 e. The number of anilines is 3. The molecule has 0 N–H and O–H groups in total. The van der Waals surface area contributed by atoms with Crippen molar-refractivity contribution in [2.45, 2.75) is 0 Å². The van der Waals surface area contributed by atoms with E-state index in [0.29, 0.717) is 0 Å². The first kappa shape index (κ1) is 21.2. The van der Waals surface area contributed by atoms with Gasteiger partial charge in [-0.1, -0.05) is 91.0 Å². The molecule has 0 unspecified atom stereocenters. The minimum Gasteiger partial charge on any atom is -0.310 e. The Bertz CT molecular complexity index is 1320. The second-order valence-electron chi connectivity index (χ2n) is 7.94. The van der Waals surface area contributed by atoms with E-state index in [1.54, 1.807) is 12.1 Å². The fourth-order valence-electron chi connectivity index (χ4n) is 4.06. The molecule has 0 saturated heterocycles. The summed E-state index contributed by atoms with van der Waals surface area (Å²) in [5, 5.41) is 11.4. The normalized spacial score (nSPS) is 10.6. The largest absolute Gasteiger partial charge is 0.310 e. The highest BCUT2D eigenvalue weighted by Gasteiger charge is 2.16. The molecule has 0 amide bonds. The van der Waals surface area contributed by atoms with Crippen LogP contribution in [-0.2, 0) is 0 Å². The van der Waals surface area contributed by atoms with Crippen molar-refractivity contribution in [3.05, 3.63) is 144 Å². The monoisotopic (exact) mass is 442 g/mol. The van der Waals surface area contributed by atoms with Gasteiger partial charge in [-0.2, -0.15) is 0 Å². The topological polar surface area (TPSA) is 46.4 Å². The van der Waals surface area contributed by atoms with E-state index in [9.17, 15) is 10.1 Å². The second-order valence-corrected chi connectivity index (χ2v) is 7.94. The molecule has 0 aliphatic heterocycles. The van der Waals surface area contributed by atoms with Crippen LogP contribution in [0.2, 0.25) is 0 Å². The van der Waals surface area contributed by atoms with Crippen LogP contribution in [-0.4, -0.2) is 4.92 Å². The molecular weight excluding hydrogens is 420 g/mol. The number of nitro groups is 1. The van der Waals surface area contributed by atoms with Gasteiger partial charge in [0.2, 0.25) is 0 Å². The summed E-state index contributed by atoms with van der Waals surface area (Å²) in [6, 6.07) is 43.6. The quantitative estimate of drug-likeness (QED) is 0.196. The Balaban J connectivity index is 1.57. The second kappa shape index (κ2) is 9.43. The first-order valence-electron chi connectivity index (χ1n) is 11.0. The summed E-state index contributed by atoms with van der Waals surface area (Å²) in [5.74, 6) is 0. The molecular formula is C30H22N2O2. The van der Waals surface area contributed by atoms with Crippen LogP contribution in [0, 0.1) is 10.1 Å². The van der Waals surface area contributed by atoms with Crippen LogP contribution in [0.5, 0.6) is 0 Å². The van der Waals surface area contributed by atoms with Gasteiger partial charge in [0, 0.05) is 23.5 Å². The molecule has 0 bridgehead atoms. The van der Waals surface area contributed by atoms with Crippen LogP contribution in [0.4, 0.5) is 22.7 Å². The number of hydrogen-bond donors (Lipinski definition) is 0. The maximum absolute atomic E-state index is 11.4. The van der Waals surface area contributed by atoms with E-state index in [1.807, 2.05) is 71.6 Å². The highest BCUT2D eigenvalue weighted by atomic mass is 16.6. The molecule has 0 radical (unpaired) electrons. The summed E-state index contributed by atoms with van der Waals surface area (Å²) in [6.45, 7) is 0. The Morgan fingerprint density at radius 2 is 0.912 bits per heavy atom. The number of nitrogens with zero attached hydrogens (tertiary/aromatic N) is 2. The van der Waals surface area contributed by atoms with Crippen LogP contribution < -0.4 is 4.90 Å². The van der Waals surface area contributed by atoms with Crippen LogP contribution in [0.1, 0.15) is 0 Å². The van der Waals surface area contributed by atoms with Gasteiger partial charge in [0.15, 0.2) is 0 Å². The van der Waals surface area contributed by atoms with Crippen molar-refractivity contribution in [2.75, 3.05) is 4.90 Å². The van der Waals surface area contributed by atoms with E-state index in [4.69, 9.17) is 0 Å². The van der Waals surface area contributed by atoms with Gasteiger partial charge in [-0.25, -0.2) is 0 Å². The van der Waals surface area contributed by atoms with Crippen LogP contribution in [0.25, 0.3) is 22.3 Å². The first-order chi connectivity index (χ1) is 16.7. The van der Waals surface area contributed by atoms with Gasteiger partial charge in [-0.05, 0) is 52.6 Å². The highest BCUT2D eigenvalue weighted by Crippen LogP contribution is 2.37. The molecule has 0 fully saturated rings. The average molecular weight is 443 g/mol. The molecule has 0 aromatic heterocycles. The highest BCUT2D eigenvalue weighted by molar-refractivity contribution is 5.80. The maximum atomic E-state index is 11.4. The van der Waals surface area contributed by atoms with Crippen LogP contribution in [0.3, 0.4) is 0 Å². The van der Waals surface area contributed by atoms with Crippen molar-refractivity contribution in [2.24, 2.45) is 0 Å². The molecule has 0 saturated carbocycles. The van der Waals surface area contributed by atoms with Gasteiger partial charge in [0.25, 0.3) is 5.69 Å². The minimum atomic E-state index is -0.362. The molecule has 5 rings (SSSR count). The van der Waals surface area contributed by atoms with Gasteiger partial charge in [0.1, 0.15) is 0 Å². The summed E-state index contributed by atoms with van der Waals surface area (Å²) in [5.41, 5.74) is 7.15. The third kappa shape index (κ3) is 4.43. The molecule has 164 valence electrons. The Hall–Kier alpha value is -4.70. The van der Waals surface area contributed by atoms with Gasteiger partial charge >= 0.3 is 0 Å². The van der Waals surface area contributed by atoms with E-state index in [1.165, 1.54) is 6.07 Å². The lowest BCUT2D eigenvalue weighted by molar-refractivity contribution is -0.384. The van der Waals surface area contributed by atoms with Gasteiger partial charge in [0.05, 0.1) is 10.6 Å². The molecule has 34 heavy (non-hydrogen) atoms. The van der Waals surface area contributed by atoms with Gasteiger partial charge in [-0.3, -0.25) is 10.1 Å². The summed E-state index contributed by atoms with van der Waals surface area (Å²) in [4.78, 5) is 13.1. The average Bonchev–Trinajstić information content (AvgIpc) is 2.91. The Labute approximate surface area is 198 Å². The fourth-order valence-corrected chi connectivity index (χ4v) is 4.06. The van der Waals surface area contributed by atoms with Gasteiger partial charge < -0.3 is 4.90 Å². The van der Waals surface area contributed by atoms with E-state index >= 15 is 0 Å². The maximum Gasteiger partial charge on any atom is 0.271 e. The zero-order valence-corrected chi connectivity index (χ0v) is 18.4. The third-order valence-corrected chi connectivity index (χ3v) is 5.76. The summed E-state index contributed by atoms with van der Waals surface area (Å²) >= 11 is 0. The molecule has 0 aliphatic carbocycles. The van der Waals surface area contributed by atoms with Crippen LogP contribution in [0.15, 0.2) is 133 Å². The number of non-ortho nitro benzene ring substituents is 1. The standard InChI is InChI=1S/C30H22N2O2/c33-32(34)30-13-7-12-29(22-30)31(27-18-14-25(15-19-27)23-8-3-1-4-9-23)28-20-16-26(17-21-28)24-10-5-2-6-11-24/h1-22H. The molecule has 0 atom stereocenters.